The van der Waals surface area contributed by atoms with E-state index in [9.17, 15) is 9.59 Å². The van der Waals surface area contributed by atoms with E-state index in [1.165, 1.54) is 13.3 Å². The zero-order valence-electron chi connectivity index (χ0n) is 10.4. The number of esters is 1. The van der Waals surface area contributed by atoms with Crippen molar-refractivity contribution in [2.75, 3.05) is 25.5 Å². The van der Waals surface area contributed by atoms with Crippen LogP contribution in [0.15, 0.2) is 12.3 Å². The fourth-order valence-electron chi connectivity index (χ4n) is 1.24. The number of carbonyl (C=O) groups is 2. The van der Waals surface area contributed by atoms with Crippen molar-refractivity contribution in [1.82, 2.24) is 15.3 Å². The van der Waals surface area contributed by atoms with Crippen LogP contribution in [0.1, 0.15) is 24.0 Å². The number of methoxy groups -OCH3 is 1. The van der Waals surface area contributed by atoms with Crippen molar-refractivity contribution in [2.45, 2.75) is 13.3 Å². The van der Waals surface area contributed by atoms with Gasteiger partial charge in [-0.3, -0.25) is 4.79 Å². The molecule has 98 valence electrons. The van der Waals surface area contributed by atoms with Gasteiger partial charge in [0.1, 0.15) is 5.82 Å². The van der Waals surface area contributed by atoms with Crippen LogP contribution in [0, 0.1) is 0 Å². The number of amides is 1. The van der Waals surface area contributed by atoms with E-state index in [-0.39, 0.29) is 11.7 Å². The van der Waals surface area contributed by atoms with Crippen LogP contribution in [-0.4, -0.2) is 42.0 Å². The second-order valence-corrected chi connectivity index (χ2v) is 3.39. The summed E-state index contributed by atoms with van der Waals surface area (Å²) in [5, 5.41) is 5.62. The third-order valence-corrected chi connectivity index (χ3v) is 2.06. The summed E-state index contributed by atoms with van der Waals surface area (Å²) in [5.74, 6) is -0.162. The maximum atomic E-state index is 11.2. The predicted molar refractivity (Wildman–Crippen MR) is 65.2 cm³/mol. The van der Waals surface area contributed by atoms with Gasteiger partial charge in [-0.1, -0.05) is 0 Å². The van der Waals surface area contributed by atoms with E-state index in [1.807, 2.05) is 6.92 Å². The minimum Gasteiger partial charge on any atom is -0.463 e. The quantitative estimate of drug-likeness (QED) is 0.702. The monoisotopic (exact) mass is 252 g/mol. The molecular formula is C11H16N4O3. The van der Waals surface area contributed by atoms with Crippen LogP contribution in [0.2, 0.25) is 0 Å². The lowest BCUT2D eigenvalue weighted by Crippen LogP contribution is -2.25. The summed E-state index contributed by atoms with van der Waals surface area (Å²) in [5.41, 5.74) is 0. The molecule has 0 atom stereocenters. The van der Waals surface area contributed by atoms with E-state index < -0.39 is 5.97 Å². The second-order valence-electron chi connectivity index (χ2n) is 3.39. The minimum atomic E-state index is -0.595. The van der Waals surface area contributed by atoms with Crippen LogP contribution < -0.4 is 10.6 Å². The maximum absolute atomic E-state index is 11.2. The van der Waals surface area contributed by atoms with E-state index in [0.29, 0.717) is 25.3 Å². The van der Waals surface area contributed by atoms with E-state index >= 15 is 0 Å². The Bertz CT molecular complexity index is 423. The Kier molecular flexibility index (Phi) is 5.56. The molecule has 0 radical (unpaired) electrons. The van der Waals surface area contributed by atoms with Crippen molar-refractivity contribution in [3.05, 3.63) is 18.1 Å². The van der Waals surface area contributed by atoms with Crippen molar-refractivity contribution in [3.63, 3.8) is 0 Å². The first-order chi connectivity index (χ1) is 8.67. The normalized spacial score (nSPS) is 9.67. The summed E-state index contributed by atoms with van der Waals surface area (Å²) in [4.78, 5) is 30.1. The smallest absolute Gasteiger partial charge is 0.376 e. The number of ether oxygens (including phenoxy) is 1. The number of anilines is 1. The van der Waals surface area contributed by atoms with Crippen molar-refractivity contribution in [2.24, 2.45) is 0 Å². The average Bonchev–Trinajstić information content (AvgIpc) is 2.38. The van der Waals surface area contributed by atoms with Gasteiger partial charge < -0.3 is 15.4 Å². The lowest BCUT2D eigenvalue weighted by Gasteiger charge is -2.06. The highest BCUT2D eigenvalue weighted by molar-refractivity contribution is 5.85. The van der Waals surface area contributed by atoms with E-state index in [0.717, 1.165) is 0 Å². The molecule has 0 unspecified atom stereocenters. The molecule has 1 heterocycles. The molecule has 0 aromatic carbocycles. The molecule has 1 aromatic rings. The molecule has 1 aromatic heterocycles. The average molecular weight is 252 g/mol. The largest absolute Gasteiger partial charge is 0.463 e. The Labute approximate surface area is 105 Å². The Balaban J connectivity index is 2.47. The van der Waals surface area contributed by atoms with E-state index in [2.05, 4.69) is 25.3 Å². The molecule has 0 aliphatic carbocycles. The molecule has 0 aliphatic rings. The van der Waals surface area contributed by atoms with E-state index in [4.69, 9.17) is 0 Å². The predicted octanol–water partition coefficient (Wildman–Crippen LogP) is 0.201. The SMILES string of the molecule is CCNC(=O)CCNc1ccnc(C(=O)OC)n1. The van der Waals surface area contributed by atoms with Crippen molar-refractivity contribution in [1.29, 1.82) is 0 Å². The molecule has 18 heavy (non-hydrogen) atoms. The first-order valence-electron chi connectivity index (χ1n) is 5.59. The van der Waals surface area contributed by atoms with Gasteiger partial charge in [-0.05, 0) is 13.0 Å². The van der Waals surface area contributed by atoms with Gasteiger partial charge >= 0.3 is 5.97 Å². The standard InChI is InChI=1S/C11H16N4O3/c1-3-12-9(16)5-7-13-8-4-6-14-10(15-8)11(17)18-2/h4,6H,3,5,7H2,1-2H3,(H,12,16)(H,13,14,15). The number of hydrogen-bond donors (Lipinski definition) is 2. The lowest BCUT2D eigenvalue weighted by molar-refractivity contribution is -0.120. The topological polar surface area (TPSA) is 93.2 Å². The highest BCUT2D eigenvalue weighted by Crippen LogP contribution is 2.02. The first kappa shape index (κ1) is 13.9. The highest BCUT2D eigenvalue weighted by atomic mass is 16.5. The van der Waals surface area contributed by atoms with Crippen molar-refractivity contribution >= 4 is 17.7 Å². The molecule has 2 N–H and O–H groups in total. The third kappa shape index (κ3) is 4.36. The Morgan fingerprint density at radius 3 is 2.89 bits per heavy atom. The fraction of sp³-hybridized carbons (Fsp3) is 0.455. The number of nitrogens with zero attached hydrogens (tertiary/aromatic N) is 2. The molecule has 0 fully saturated rings. The summed E-state index contributed by atoms with van der Waals surface area (Å²) in [7, 11) is 1.26. The first-order valence-corrected chi connectivity index (χ1v) is 5.59. The summed E-state index contributed by atoms with van der Waals surface area (Å²) >= 11 is 0. The van der Waals surface area contributed by atoms with Gasteiger partial charge in [0.2, 0.25) is 11.7 Å². The molecule has 7 nitrogen and oxygen atoms in total. The number of hydrogen-bond acceptors (Lipinski definition) is 6. The maximum Gasteiger partial charge on any atom is 0.376 e. The summed E-state index contributed by atoms with van der Waals surface area (Å²) < 4.78 is 4.51. The zero-order chi connectivity index (χ0) is 13.4. The van der Waals surface area contributed by atoms with Crippen LogP contribution in [0.5, 0.6) is 0 Å². The van der Waals surface area contributed by atoms with Crippen molar-refractivity contribution < 1.29 is 14.3 Å². The van der Waals surface area contributed by atoms with Gasteiger partial charge in [-0.15, -0.1) is 0 Å². The van der Waals surface area contributed by atoms with Gasteiger partial charge in [-0.25, -0.2) is 14.8 Å². The van der Waals surface area contributed by atoms with Crippen LogP contribution >= 0.6 is 0 Å². The second kappa shape index (κ2) is 7.21. The summed E-state index contributed by atoms with van der Waals surface area (Å²) in [6.07, 6.45) is 1.79. The molecule has 0 saturated heterocycles. The molecule has 1 rings (SSSR count). The van der Waals surface area contributed by atoms with Crippen LogP contribution in [0.25, 0.3) is 0 Å². The van der Waals surface area contributed by atoms with Gasteiger partial charge in [0, 0.05) is 25.7 Å². The Hall–Kier alpha value is -2.18. The van der Waals surface area contributed by atoms with Gasteiger partial charge in [0.05, 0.1) is 7.11 Å². The zero-order valence-corrected chi connectivity index (χ0v) is 10.4. The molecule has 0 bridgehead atoms. The van der Waals surface area contributed by atoms with Gasteiger partial charge in [0.25, 0.3) is 0 Å². The summed E-state index contributed by atoms with van der Waals surface area (Å²) in [6.45, 7) is 2.90. The van der Waals surface area contributed by atoms with Gasteiger partial charge in [0.15, 0.2) is 0 Å². The van der Waals surface area contributed by atoms with Crippen molar-refractivity contribution in [3.8, 4) is 0 Å². The van der Waals surface area contributed by atoms with Crippen LogP contribution in [0.4, 0.5) is 5.82 Å². The molecule has 0 saturated carbocycles. The van der Waals surface area contributed by atoms with Crippen LogP contribution in [-0.2, 0) is 9.53 Å². The molecule has 0 spiro atoms. The minimum absolute atomic E-state index is 0.0134. The number of aromatic nitrogens is 2. The number of rotatable bonds is 6. The van der Waals surface area contributed by atoms with E-state index in [1.54, 1.807) is 6.07 Å². The Morgan fingerprint density at radius 1 is 1.44 bits per heavy atom. The molecule has 1 amide bonds. The number of carbonyl (C=O) groups excluding carboxylic acids is 2. The molecule has 0 aliphatic heterocycles. The van der Waals surface area contributed by atoms with Gasteiger partial charge in [-0.2, -0.15) is 0 Å². The molecule has 7 heteroatoms. The lowest BCUT2D eigenvalue weighted by atomic mass is 10.4. The van der Waals surface area contributed by atoms with Crippen LogP contribution in [0.3, 0.4) is 0 Å². The Morgan fingerprint density at radius 2 is 2.22 bits per heavy atom. The highest BCUT2D eigenvalue weighted by Gasteiger charge is 2.09. The number of nitrogens with one attached hydrogen (secondary N) is 2. The third-order valence-electron chi connectivity index (χ3n) is 2.06. The summed E-state index contributed by atoms with van der Waals surface area (Å²) in [6, 6.07) is 1.62. The fourth-order valence-corrected chi connectivity index (χ4v) is 1.24. The molecular weight excluding hydrogens is 236 g/mol.